The highest BCUT2D eigenvalue weighted by atomic mass is 19.1. The Morgan fingerprint density at radius 1 is 1.18 bits per heavy atom. The Morgan fingerprint density at radius 3 is 2.71 bits per heavy atom. The first-order valence-electron chi connectivity index (χ1n) is 8.75. The molecule has 4 rings (SSSR count). The summed E-state index contributed by atoms with van der Waals surface area (Å²) in [7, 11) is 0. The predicted octanol–water partition coefficient (Wildman–Crippen LogP) is 3.34. The molecule has 1 amide bonds. The van der Waals surface area contributed by atoms with Gasteiger partial charge in [-0.2, -0.15) is 5.10 Å². The van der Waals surface area contributed by atoms with Crippen molar-refractivity contribution < 1.29 is 9.18 Å². The minimum absolute atomic E-state index is 0.221. The Morgan fingerprint density at radius 2 is 1.96 bits per heavy atom. The zero-order valence-electron chi connectivity index (χ0n) is 15.0. The van der Waals surface area contributed by atoms with Crippen molar-refractivity contribution in [2.75, 3.05) is 0 Å². The summed E-state index contributed by atoms with van der Waals surface area (Å²) in [6.45, 7) is 1.81. The van der Waals surface area contributed by atoms with Crippen LogP contribution in [0.2, 0.25) is 0 Å². The molecule has 1 unspecified atom stereocenters. The van der Waals surface area contributed by atoms with Crippen molar-refractivity contribution in [1.82, 2.24) is 20.1 Å². The van der Waals surface area contributed by atoms with E-state index in [1.165, 1.54) is 18.2 Å². The summed E-state index contributed by atoms with van der Waals surface area (Å²) in [5.74, 6) is -0.592. The molecule has 0 aliphatic heterocycles. The normalized spacial score (nSPS) is 12.1. The number of hydrogen-bond acceptors (Lipinski definition) is 3. The van der Waals surface area contributed by atoms with Crippen LogP contribution >= 0.6 is 0 Å². The lowest BCUT2D eigenvalue weighted by molar-refractivity contribution is 0.0941. The average molecular weight is 376 g/mol. The van der Waals surface area contributed by atoms with Crippen molar-refractivity contribution in [2.24, 2.45) is 0 Å². The number of carbonyl (C=O) groups excluding carboxylic acids is 1. The highest BCUT2D eigenvalue weighted by Gasteiger charge is 2.16. The number of fused-ring (bicyclic) bond motifs is 1. The zero-order valence-corrected chi connectivity index (χ0v) is 15.0. The van der Waals surface area contributed by atoms with Crippen molar-refractivity contribution >= 4 is 16.8 Å². The van der Waals surface area contributed by atoms with E-state index in [-0.39, 0.29) is 23.3 Å². The Kier molecular flexibility index (Phi) is 4.49. The van der Waals surface area contributed by atoms with Crippen LogP contribution < -0.4 is 10.9 Å². The number of rotatable bonds is 4. The first kappa shape index (κ1) is 17.7. The number of aromatic amines is 1. The second-order valence-electron chi connectivity index (χ2n) is 6.45. The number of hydrogen-bond donors (Lipinski definition) is 2. The van der Waals surface area contributed by atoms with E-state index in [0.717, 1.165) is 5.52 Å². The number of nitrogens with one attached hydrogen (secondary N) is 2. The third-order valence-corrected chi connectivity index (χ3v) is 4.58. The highest BCUT2D eigenvalue weighted by Crippen LogP contribution is 2.23. The molecule has 28 heavy (non-hydrogen) atoms. The Hall–Kier alpha value is -3.74. The maximum atomic E-state index is 13.2. The van der Waals surface area contributed by atoms with Gasteiger partial charge in [0.05, 0.1) is 29.0 Å². The lowest BCUT2D eigenvalue weighted by atomic mass is 10.1. The van der Waals surface area contributed by atoms with E-state index in [9.17, 15) is 14.0 Å². The molecule has 6 nitrogen and oxygen atoms in total. The smallest absolute Gasteiger partial charge is 0.252 e. The second kappa shape index (κ2) is 7.11. The second-order valence-corrected chi connectivity index (χ2v) is 6.45. The van der Waals surface area contributed by atoms with Crippen LogP contribution in [0.5, 0.6) is 0 Å². The van der Waals surface area contributed by atoms with Gasteiger partial charge in [-0.3, -0.25) is 9.59 Å². The summed E-state index contributed by atoms with van der Waals surface area (Å²) in [6.07, 6.45) is 3.17. The topological polar surface area (TPSA) is 79.8 Å². The molecule has 0 saturated carbocycles. The maximum absolute atomic E-state index is 13.2. The number of carbonyl (C=O) groups is 1. The van der Waals surface area contributed by atoms with Crippen LogP contribution in [0.25, 0.3) is 16.6 Å². The summed E-state index contributed by atoms with van der Waals surface area (Å²) in [5.41, 5.74) is 2.41. The molecule has 7 heteroatoms. The van der Waals surface area contributed by atoms with Gasteiger partial charge in [0.25, 0.3) is 5.91 Å². The number of nitrogens with zero attached hydrogens (tertiary/aromatic N) is 2. The highest BCUT2D eigenvalue weighted by molar-refractivity contribution is 6.06. The molecular formula is C21H17FN4O2. The van der Waals surface area contributed by atoms with Crippen LogP contribution in [0.3, 0.4) is 0 Å². The van der Waals surface area contributed by atoms with Crippen molar-refractivity contribution in [3.8, 4) is 5.69 Å². The molecule has 0 fully saturated rings. The van der Waals surface area contributed by atoms with Crippen molar-refractivity contribution in [1.29, 1.82) is 0 Å². The van der Waals surface area contributed by atoms with E-state index in [1.807, 2.05) is 13.0 Å². The molecular weight excluding hydrogens is 359 g/mol. The summed E-state index contributed by atoms with van der Waals surface area (Å²) < 4.78 is 14.9. The molecule has 0 aliphatic rings. The van der Waals surface area contributed by atoms with Gasteiger partial charge in [0.1, 0.15) is 5.82 Å². The molecule has 0 spiro atoms. The third kappa shape index (κ3) is 3.29. The van der Waals surface area contributed by atoms with E-state index in [0.29, 0.717) is 22.2 Å². The molecule has 1 atom stereocenters. The van der Waals surface area contributed by atoms with E-state index in [1.54, 1.807) is 47.4 Å². The van der Waals surface area contributed by atoms with Gasteiger partial charge in [-0.05, 0) is 55.0 Å². The lowest BCUT2D eigenvalue weighted by Crippen LogP contribution is -2.27. The van der Waals surface area contributed by atoms with Crippen molar-refractivity contribution in [3.05, 3.63) is 94.3 Å². The number of H-pyrrole nitrogens is 1. The number of halogens is 1. The van der Waals surface area contributed by atoms with E-state index in [4.69, 9.17) is 0 Å². The van der Waals surface area contributed by atoms with Gasteiger partial charge >= 0.3 is 0 Å². The lowest BCUT2D eigenvalue weighted by Gasteiger charge is -2.14. The van der Waals surface area contributed by atoms with Gasteiger partial charge in [-0.1, -0.05) is 6.07 Å². The fourth-order valence-electron chi connectivity index (χ4n) is 3.13. The third-order valence-electron chi connectivity index (χ3n) is 4.58. The van der Waals surface area contributed by atoms with Crippen LogP contribution in [0, 0.1) is 5.82 Å². The quantitative estimate of drug-likeness (QED) is 0.573. The standard InChI is InChI=1S/C21H17FN4O2/c1-13(14-9-10-23-20(27)11-14)25-21(28)17-3-2-4-19-18(17)12-24-26(19)16-7-5-15(22)6-8-16/h2-13H,1H3,(H,23,27)(H,25,28). The molecule has 0 aliphatic carbocycles. The minimum Gasteiger partial charge on any atom is -0.345 e. The van der Waals surface area contributed by atoms with Crippen molar-refractivity contribution in [2.45, 2.75) is 13.0 Å². The molecule has 2 N–H and O–H groups in total. The van der Waals surface area contributed by atoms with Crippen LogP contribution in [0.1, 0.15) is 28.9 Å². The summed E-state index contributed by atoms with van der Waals surface area (Å²) in [6, 6.07) is 14.2. The monoisotopic (exact) mass is 376 g/mol. The van der Waals surface area contributed by atoms with Crippen LogP contribution in [-0.2, 0) is 0 Å². The van der Waals surface area contributed by atoms with Gasteiger partial charge in [0.2, 0.25) is 5.56 Å². The first-order chi connectivity index (χ1) is 13.5. The van der Waals surface area contributed by atoms with E-state index >= 15 is 0 Å². The Bertz CT molecular complexity index is 1210. The van der Waals surface area contributed by atoms with Crippen LogP contribution in [-0.4, -0.2) is 20.7 Å². The predicted molar refractivity (Wildman–Crippen MR) is 104 cm³/mol. The molecule has 2 heterocycles. The number of benzene rings is 2. The number of aromatic nitrogens is 3. The average Bonchev–Trinajstić information content (AvgIpc) is 3.12. The van der Waals surface area contributed by atoms with Gasteiger partial charge < -0.3 is 10.3 Å². The Labute approximate surface area is 159 Å². The zero-order chi connectivity index (χ0) is 19.7. The van der Waals surface area contributed by atoms with Gasteiger partial charge in [-0.15, -0.1) is 0 Å². The van der Waals surface area contributed by atoms with Gasteiger partial charge in [-0.25, -0.2) is 9.07 Å². The largest absolute Gasteiger partial charge is 0.345 e. The first-order valence-corrected chi connectivity index (χ1v) is 8.75. The summed E-state index contributed by atoms with van der Waals surface area (Å²) in [5, 5.41) is 7.95. The molecule has 140 valence electrons. The summed E-state index contributed by atoms with van der Waals surface area (Å²) in [4.78, 5) is 26.9. The summed E-state index contributed by atoms with van der Waals surface area (Å²) >= 11 is 0. The molecule has 0 radical (unpaired) electrons. The maximum Gasteiger partial charge on any atom is 0.252 e. The minimum atomic E-state index is -0.336. The molecule has 2 aromatic heterocycles. The van der Waals surface area contributed by atoms with Crippen LogP contribution in [0.15, 0.2) is 71.8 Å². The Balaban J connectivity index is 1.66. The van der Waals surface area contributed by atoms with E-state index in [2.05, 4.69) is 15.4 Å². The van der Waals surface area contributed by atoms with Gasteiger partial charge in [0.15, 0.2) is 0 Å². The SMILES string of the molecule is CC(NC(=O)c1cccc2c1cnn2-c1ccc(F)cc1)c1cc[nH]c(=O)c1. The molecule has 4 aromatic rings. The number of pyridine rings is 1. The van der Waals surface area contributed by atoms with Crippen LogP contribution in [0.4, 0.5) is 4.39 Å². The van der Waals surface area contributed by atoms with Crippen molar-refractivity contribution in [3.63, 3.8) is 0 Å². The number of amides is 1. The molecule has 0 bridgehead atoms. The van der Waals surface area contributed by atoms with E-state index < -0.39 is 0 Å². The molecule has 0 saturated heterocycles. The molecule has 2 aromatic carbocycles. The fraction of sp³-hybridized carbons (Fsp3) is 0.0952. The fourth-order valence-corrected chi connectivity index (χ4v) is 3.13. The van der Waals surface area contributed by atoms with Gasteiger partial charge in [0, 0.05) is 17.6 Å².